The summed E-state index contributed by atoms with van der Waals surface area (Å²) in [5, 5.41) is 10.9. The van der Waals surface area contributed by atoms with Gasteiger partial charge in [0.25, 0.3) is 0 Å². The SMILES string of the molecule is CC(=O)C(Cc1c(O)c2ccccc2oc1=O)c1ccccc1. The molecule has 0 saturated heterocycles. The Labute approximate surface area is 133 Å². The van der Waals surface area contributed by atoms with Gasteiger partial charge < -0.3 is 9.52 Å². The summed E-state index contributed by atoms with van der Waals surface area (Å²) in [6.45, 7) is 1.48. The lowest BCUT2D eigenvalue weighted by Crippen LogP contribution is -2.17. The average Bonchev–Trinajstić information content (AvgIpc) is 2.55. The number of Topliss-reactive ketones (excluding diaryl/α,β-unsaturated/α-hetero) is 1. The Balaban J connectivity index is 2.09. The normalized spacial score (nSPS) is 12.2. The van der Waals surface area contributed by atoms with Gasteiger partial charge in [-0.2, -0.15) is 0 Å². The summed E-state index contributed by atoms with van der Waals surface area (Å²) < 4.78 is 5.26. The zero-order chi connectivity index (χ0) is 16.4. The van der Waals surface area contributed by atoms with Gasteiger partial charge in [-0.3, -0.25) is 4.79 Å². The second-order valence-corrected chi connectivity index (χ2v) is 5.49. The van der Waals surface area contributed by atoms with Gasteiger partial charge in [-0.15, -0.1) is 0 Å². The van der Waals surface area contributed by atoms with Crippen LogP contribution in [0.25, 0.3) is 11.0 Å². The van der Waals surface area contributed by atoms with Gasteiger partial charge in [-0.25, -0.2) is 4.79 Å². The number of benzene rings is 2. The van der Waals surface area contributed by atoms with Gasteiger partial charge in [0.05, 0.1) is 10.9 Å². The fraction of sp³-hybridized carbons (Fsp3) is 0.158. The van der Waals surface area contributed by atoms with Gasteiger partial charge in [0.15, 0.2) is 0 Å². The minimum Gasteiger partial charge on any atom is -0.507 e. The van der Waals surface area contributed by atoms with Crippen LogP contribution in [0.15, 0.2) is 63.8 Å². The van der Waals surface area contributed by atoms with Crippen LogP contribution in [0.1, 0.15) is 24.0 Å². The van der Waals surface area contributed by atoms with Gasteiger partial charge in [-0.05, 0) is 31.0 Å². The van der Waals surface area contributed by atoms with E-state index in [-0.39, 0.29) is 23.5 Å². The third kappa shape index (κ3) is 2.88. The summed E-state index contributed by atoms with van der Waals surface area (Å²) in [4.78, 5) is 24.2. The lowest BCUT2D eigenvalue weighted by molar-refractivity contribution is -0.118. The molecule has 3 aromatic rings. The molecule has 0 fully saturated rings. The predicted molar refractivity (Wildman–Crippen MR) is 87.7 cm³/mol. The van der Waals surface area contributed by atoms with Crippen LogP contribution in [0.2, 0.25) is 0 Å². The van der Waals surface area contributed by atoms with Crippen molar-refractivity contribution < 1.29 is 14.3 Å². The van der Waals surface area contributed by atoms with Gasteiger partial charge in [0.1, 0.15) is 17.1 Å². The molecule has 0 amide bonds. The Morgan fingerprint density at radius 1 is 1.09 bits per heavy atom. The van der Waals surface area contributed by atoms with Gasteiger partial charge >= 0.3 is 5.63 Å². The van der Waals surface area contributed by atoms with Crippen LogP contribution in [0.4, 0.5) is 0 Å². The van der Waals surface area contributed by atoms with Gasteiger partial charge in [0.2, 0.25) is 0 Å². The molecule has 23 heavy (non-hydrogen) atoms. The van der Waals surface area contributed by atoms with E-state index in [2.05, 4.69) is 0 Å². The predicted octanol–water partition coefficient (Wildman–Crippen LogP) is 3.41. The van der Waals surface area contributed by atoms with Crippen molar-refractivity contribution in [3.63, 3.8) is 0 Å². The molecule has 1 unspecified atom stereocenters. The Hall–Kier alpha value is -2.88. The highest BCUT2D eigenvalue weighted by Gasteiger charge is 2.23. The number of carbonyl (C=O) groups excluding carboxylic acids is 1. The molecule has 0 spiro atoms. The topological polar surface area (TPSA) is 67.5 Å². The zero-order valence-electron chi connectivity index (χ0n) is 12.7. The molecule has 0 radical (unpaired) electrons. The molecule has 116 valence electrons. The molecule has 4 heteroatoms. The van der Waals surface area contributed by atoms with Crippen LogP contribution in [0.3, 0.4) is 0 Å². The highest BCUT2D eigenvalue weighted by molar-refractivity contribution is 5.86. The minimum absolute atomic E-state index is 0.0665. The number of para-hydroxylation sites is 1. The van der Waals surface area contributed by atoms with E-state index in [0.29, 0.717) is 11.0 Å². The molecule has 1 atom stereocenters. The minimum atomic E-state index is -0.608. The maximum absolute atomic E-state index is 12.2. The maximum atomic E-state index is 12.2. The summed E-state index contributed by atoms with van der Waals surface area (Å²) in [7, 11) is 0. The standard InChI is InChI=1S/C19H16O4/c1-12(20)15(13-7-3-2-4-8-13)11-16-18(21)14-9-5-6-10-17(14)23-19(16)22/h2-10,15,21H,11H2,1H3. The van der Waals surface area contributed by atoms with E-state index in [9.17, 15) is 14.7 Å². The number of rotatable bonds is 4. The number of ketones is 1. The smallest absolute Gasteiger partial charge is 0.343 e. The van der Waals surface area contributed by atoms with E-state index in [1.807, 2.05) is 30.3 Å². The Kier molecular flexibility index (Phi) is 3.98. The van der Waals surface area contributed by atoms with Crippen molar-refractivity contribution in [3.8, 4) is 5.75 Å². The van der Waals surface area contributed by atoms with E-state index in [4.69, 9.17) is 4.42 Å². The van der Waals surface area contributed by atoms with E-state index in [0.717, 1.165) is 5.56 Å². The highest BCUT2D eigenvalue weighted by atomic mass is 16.4. The fourth-order valence-electron chi connectivity index (χ4n) is 2.74. The van der Waals surface area contributed by atoms with Crippen molar-refractivity contribution in [1.82, 2.24) is 0 Å². The average molecular weight is 308 g/mol. The largest absolute Gasteiger partial charge is 0.507 e. The molecule has 0 bridgehead atoms. The molecule has 1 heterocycles. The molecular weight excluding hydrogens is 292 g/mol. The summed E-state index contributed by atoms with van der Waals surface area (Å²) in [5.74, 6) is -0.673. The van der Waals surface area contributed by atoms with Crippen LogP contribution in [0, 0.1) is 0 Å². The molecule has 1 N–H and O–H groups in total. The second kappa shape index (κ2) is 6.08. The lowest BCUT2D eigenvalue weighted by atomic mass is 9.89. The van der Waals surface area contributed by atoms with Crippen molar-refractivity contribution in [3.05, 3.63) is 76.1 Å². The van der Waals surface area contributed by atoms with Crippen molar-refractivity contribution in [2.24, 2.45) is 0 Å². The quantitative estimate of drug-likeness (QED) is 0.750. The van der Waals surface area contributed by atoms with Gasteiger partial charge in [-0.1, -0.05) is 42.5 Å². The Bertz CT molecular complexity index is 910. The van der Waals surface area contributed by atoms with E-state index in [1.165, 1.54) is 6.92 Å². The van der Waals surface area contributed by atoms with E-state index in [1.54, 1.807) is 24.3 Å². The second-order valence-electron chi connectivity index (χ2n) is 5.49. The molecule has 3 rings (SSSR count). The molecule has 1 aromatic heterocycles. The Morgan fingerprint density at radius 3 is 2.43 bits per heavy atom. The van der Waals surface area contributed by atoms with Crippen molar-refractivity contribution in [2.45, 2.75) is 19.3 Å². The molecule has 0 aliphatic carbocycles. The third-order valence-corrected chi connectivity index (χ3v) is 3.98. The lowest BCUT2D eigenvalue weighted by Gasteiger charge is -2.15. The first-order chi connectivity index (χ1) is 11.1. The van der Waals surface area contributed by atoms with Crippen molar-refractivity contribution in [2.75, 3.05) is 0 Å². The van der Waals surface area contributed by atoms with Crippen LogP contribution in [0.5, 0.6) is 5.75 Å². The fourth-order valence-corrected chi connectivity index (χ4v) is 2.74. The van der Waals surface area contributed by atoms with Crippen molar-refractivity contribution >= 4 is 16.8 Å². The molecular formula is C19H16O4. The highest BCUT2D eigenvalue weighted by Crippen LogP contribution is 2.30. The summed E-state index contributed by atoms with van der Waals surface area (Å²) >= 11 is 0. The molecule has 2 aromatic carbocycles. The van der Waals surface area contributed by atoms with Crippen LogP contribution in [-0.4, -0.2) is 10.9 Å². The number of hydrogen-bond acceptors (Lipinski definition) is 4. The summed E-state index contributed by atoms with van der Waals surface area (Å²) in [6.07, 6.45) is 0.109. The first-order valence-corrected chi connectivity index (χ1v) is 7.37. The molecule has 0 aliphatic heterocycles. The van der Waals surface area contributed by atoms with Gasteiger partial charge in [0, 0.05) is 5.92 Å². The number of hydrogen-bond donors (Lipinski definition) is 1. The first-order valence-electron chi connectivity index (χ1n) is 7.37. The van der Waals surface area contributed by atoms with Crippen molar-refractivity contribution in [1.29, 1.82) is 0 Å². The van der Waals surface area contributed by atoms with Crippen LogP contribution < -0.4 is 5.63 Å². The number of fused-ring (bicyclic) bond motifs is 1. The van der Waals surface area contributed by atoms with Crippen LogP contribution in [-0.2, 0) is 11.2 Å². The van der Waals surface area contributed by atoms with Crippen LogP contribution >= 0.6 is 0 Å². The number of carbonyl (C=O) groups is 1. The monoisotopic (exact) mass is 308 g/mol. The number of aromatic hydroxyl groups is 1. The maximum Gasteiger partial charge on any atom is 0.343 e. The summed E-state index contributed by atoms with van der Waals surface area (Å²) in [6, 6.07) is 16.0. The molecule has 4 nitrogen and oxygen atoms in total. The molecule has 0 aliphatic rings. The first kappa shape index (κ1) is 15.0. The third-order valence-electron chi connectivity index (χ3n) is 3.98. The Morgan fingerprint density at radius 2 is 1.74 bits per heavy atom. The van der Waals surface area contributed by atoms with E-state index >= 15 is 0 Å². The molecule has 0 saturated carbocycles. The van der Waals surface area contributed by atoms with E-state index < -0.39 is 11.5 Å². The summed E-state index contributed by atoms with van der Waals surface area (Å²) in [5.41, 5.74) is 0.668. The zero-order valence-corrected chi connectivity index (χ0v) is 12.7.